The standard InChI is InChI=1S/C24H30FIN8O2/c1-14-16(25)11-15(12-28-14)29-23(27)24(2)6-8-33(9-7-24)21-17(13-35)30-19-20(26)32-34(22(19)31-21)18-5-3-4-10-36-18/h11-12,18,35H,3-10,13H2,1-2H3,(H2,27,29). The minimum atomic E-state index is -0.401. The fourth-order valence-electron chi connectivity index (χ4n) is 4.72. The van der Waals surface area contributed by atoms with E-state index in [1.54, 1.807) is 6.92 Å². The molecule has 0 radical (unpaired) electrons. The number of piperidine rings is 1. The van der Waals surface area contributed by atoms with Gasteiger partial charge in [-0.15, -0.1) is 0 Å². The number of aromatic nitrogens is 5. The molecule has 0 saturated carbocycles. The molecule has 0 aromatic carbocycles. The molecule has 12 heteroatoms. The van der Waals surface area contributed by atoms with Gasteiger partial charge in [-0.05, 0) is 61.6 Å². The summed E-state index contributed by atoms with van der Waals surface area (Å²) in [6.07, 6.45) is 5.82. The third kappa shape index (κ3) is 4.77. The van der Waals surface area contributed by atoms with Crippen molar-refractivity contribution in [2.75, 3.05) is 24.6 Å². The van der Waals surface area contributed by atoms with Crippen LogP contribution in [0, 0.1) is 21.9 Å². The Morgan fingerprint density at radius 1 is 1.33 bits per heavy atom. The van der Waals surface area contributed by atoms with Crippen molar-refractivity contribution >= 4 is 51.1 Å². The largest absolute Gasteiger partial charge is 0.390 e. The summed E-state index contributed by atoms with van der Waals surface area (Å²) in [6.45, 7) is 5.48. The van der Waals surface area contributed by atoms with Crippen LogP contribution in [-0.2, 0) is 11.3 Å². The molecule has 2 fully saturated rings. The first-order valence-corrected chi connectivity index (χ1v) is 13.3. The second-order valence-corrected chi connectivity index (χ2v) is 10.7. The molecule has 3 aromatic rings. The first-order chi connectivity index (χ1) is 17.3. The highest BCUT2D eigenvalue weighted by atomic mass is 127. The van der Waals surface area contributed by atoms with Crippen LogP contribution in [0.1, 0.15) is 56.6 Å². The summed E-state index contributed by atoms with van der Waals surface area (Å²) in [7, 11) is 0. The fourth-order valence-corrected chi connectivity index (χ4v) is 5.31. The minimum absolute atomic E-state index is 0.159. The Bertz CT molecular complexity index is 1300. The van der Waals surface area contributed by atoms with Crippen molar-refractivity contribution in [1.29, 1.82) is 0 Å². The Balaban J connectivity index is 1.40. The number of aliphatic imine (C=N–C) groups is 1. The molecule has 5 rings (SSSR count). The van der Waals surface area contributed by atoms with Crippen molar-refractivity contribution in [1.82, 2.24) is 24.7 Å². The number of nitrogens with two attached hydrogens (primary N) is 1. The van der Waals surface area contributed by atoms with Crippen molar-refractivity contribution in [3.63, 3.8) is 0 Å². The molecule has 0 bridgehead atoms. The number of amidine groups is 1. The molecule has 36 heavy (non-hydrogen) atoms. The number of nitrogens with zero attached hydrogens (tertiary/aromatic N) is 7. The van der Waals surface area contributed by atoms with Crippen LogP contribution in [0.3, 0.4) is 0 Å². The van der Waals surface area contributed by atoms with E-state index in [-0.39, 0.29) is 18.2 Å². The summed E-state index contributed by atoms with van der Waals surface area (Å²) in [5.41, 5.74) is 8.66. The van der Waals surface area contributed by atoms with Crippen LogP contribution >= 0.6 is 22.6 Å². The predicted molar refractivity (Wildman–Crippen MR) is 143 cm³/mol. The number of anilines is 1. The normalized spacial score (nSPS) is 20.8. The molecule has 1 unspecified atom stereocenters. The Labute approximate surface area is 222 Å². The highest BCUT2D eigenvalue weighted by Gasteiger charge is 2.35. The monoisotopic (exact) mass is 608 g/mol. The van der Waals surface area contributed by atoms with Crippen LogP contribution in [0.25, 0.3) is 11.2 Å². The number of pyridine rings is 1. The molecular weight excluding hydrogens is 578 g/mol. The molecule has 0 spiro atoms. The van der Waals surface area contributed by atoms with E-state index < -0.39 is 5.82 Å². The van der Waals surface area contributed by atoms with E-state index in [0.29, 0.717) is 59.6 Å². The maximum atomic E-state index is 13.9. The maximum Gasteiger partial charge on any atom is 0.182 e. The Morgan fingerprint density at radius 2 is 2.11 bits per heavy atom. The van der Waals surface area contributed by atoms with Crippen molar-refractivity contribution < 1.29 is 14.2 Å². The highest BCUT2D eigenvalue weighted by molar-refractivity contribution is 14.1. The third-order valence-corrected chi connectivity index (χ3v) is 7.89. The molecule has 2 aliphatic rings. The lowest BCUT2D eigenvalue weighted by molar-refractivity contribution is -0.0372. The van der Waals surface area contributed by atoms with Gasteiger partial charge in [0, 0.05) is 31.2 Å². The van der Waals surface area contributed by atoms with E-state index in [4.69, 9.17) is 20.4 Å². The zero-order valence-electron chi connectivity index (χ0n) is 20.4. The molecule has 1 atom stereocenters. The lowest BCUT2D eigenvalue weighted by Crippen LogP contribution is -2.46. The van der Waals surface area contributed by atoms with Crippen LogP contribution < -0.4 is 10.6 Å². The van der Waals surface area contributed by atoms with Gasteiger partial charge in [0.05, 0.1) is 24.2 Å². The van der Waals surface area contributed by atoms with Gasteiger partial charge in [-0.25, -0.2) is 24.0 Å². The second-order valence-electron chi connectivity index (χ2n) is 9.69. The van der Waals surface area contributed by atoms with Crippen LogP contribution in [0.2, 0.25) is 0 Å². The van der Waals surface area contributed by atoms with Crippen molar-refractivity contribution in [2.24, 2.45) is 16.1 Å². The zero-order valence-corrected chi connectivity index (χ0v) is 22.6. The van der Waals surface area contributed by atoms with Crippen molar-refractivity contribution in [2.45, 2.75) is 58.8 Å². The van der Waals surface area contributed by atoms with Gasteiger partial charge in [0.2, 0.25) is 0 Å². The maximum absolute atomic E-state index is 13.9. The zero-order chi connectivity index (χ0) is 25.4. The minimum Gasteiger partial charge on any atom is -0.390 e. The number of fused-ring (bicyclic) bond motifs is 1. The molecule has 0 aliphatic carbocycles. The summed E-state index contributed by atoms with van der Waals surface area (Å²) < 4.78 is 22.4. The van der Waals surface area contributed by atoms with E-state index in [0.717, 1.165) is 35.8 Å². The molecule has 2 aliphatic heterocycles. The predicted octanol–water partition coefficient (Wildman–Crippen LogP) is 3.76. The molecular formula is C24H30FIN8O2. The summed E-state index contributed by atoms with van der Waals surface area (Å²) in [5.74, 6) is 0.709. The molecule has 3 aromatic heterocycles. The van der Waals surface area contributed by atoms with Crippen LogP contribution in [0.5, 0.6) is 0 Å². The van der Waals surface area contributed by atoms with Gasteiger partial charge in [-0.1, -0.05) is 6.92 Å². The van der Waals surface area contributed by atoms with E-state index in [2.05, 4.69) is 49.5 Å². The number of hydrogen-bond acceptors (Lipinski definition) is 8. The van der Waals surface area contributed by atoms with Gasteiger partial charge in [0.25, 0.3) is 0 Å². The topological polar surface area (TPSA) is 128 Å². The first kappa shape index (κ1) is 25.2. The Morgan fingerprint density at radius 3 is 2.78 bits per heavy atom. The number of aliphatic hydroxyl groups excluding tert-OH is 1. The van der Waals surface area contributed by atoms with Gasteiger partial charge in [0.15, 0.2) is 21.4 Å². The average molecular weight is 608 g/mol. The van der Waals surface area contributed by atoms with E-state index >= 15 is 0 Å². The van der Waals surface area contributed by atoms with Gasteiger partial charge in [-0.3, -0.25) is 4.98 Å². The second kappa shape index (κ2) is 10.1. The quantitative estimate of drug-likeness (QED) is 0.255. The summed E-state index contributed by atoms with van der Waals surface area (Å²) in [6, 6.07) is 1.35. The number of ether oxygens (including phenoxy) is 1. The van der Waals surface area contributed by atoms with E-state index in [1.807, 2.05) is 4.68 Å². The third-order valence-electron chi connectivity index (χ3n) is 7.16. The van der Waals surface area contributed by atoms with Gasteiger partial charge in [-0.2, -0.15) is 5.10 Å². The number of hydrogen-bond donors (Lipinski definition) is 2. The van der Waals surface area contributed by atoms with E-state index in [1.165, 1.54) is 12.3 Å². The molecule has 2 saturated heterocycles. The highest BCUT2D eigenvalue weighted by Crippen LogP contribution is 2.36. The SMILES string of the molecule is Cc1ncc(N=C(N)C2(C)CCN(c3nc4c(nc3CO)c(I)nn4C3CCCCO3)CC2)cc1F. The van der Waals surface area contributed by atoms with Gasteiger partial charge < -0.3 is 20.5 Å². The molecule has 3 N–H and O–H groups in total. The van der Waals surface area contributed by atoms with Crippen LogP contribution in [0.15, 0.2) is 17.3 Å². The first-order valence-electron chi connectivity index (χ1n) is 12.2. The molecule has 10 nitrogen and oxygen atoms in total. The fraction of sp³-hybridized carbons (Fsp3) is 0.542. The summed E-state index contributed by atoms with van der Waals surface area (Å²) in [4.78, 5) is 20.3. The smallest absolute Gasteiger partial charge is 0.182 e. The van der Waals surface area contributed by atoms with E-state index in [9.17, 15) is 9.50 Å². The van der Waals surface area contributed by atoms with Crippen molar-refractivity contribution in [3.05, 3.63) is 33.2 Å². The molecule has 5 heterocycles. The van der Waals surface area contributed by atoms with Gasteiger partial charge >= 0.3 is 0 Å². The van der Waals surface area contributed by atoms with Crippen LogP contribution in [-0.4, -0.2) is 55.4 Å². The lowest BCUT2D eigenvalue weighted by atomic mass is 9.79. The Hall–Kier alpha value is -2.45. The van der Waals surface area contributed by atoms with Gasteiger partial charge in [0.1, 0.15) is 22.9 Å². The Kier molecular flexibility index (Phi) is 7.10. The lowest BCUT2D eigenvalue weighted by Gasteiger charge is -2.39. The number of aryl methyl sites for hydroxylation is 1. The molecule has 192 valence electrons. The number of rotatable bonds is 5. The number of halogens is 2. The average Bonchev–Trinajstić information content (AvgIpc) is 3.21. The molecule has 0 amide bonds. The summed E-state index contributed by atoms with van der Waals surface area (Å²) in [5, 5.41) is 14.8. The van der Waals surface area contributed by atoms with Crippen LogP contribution in [0.4, 0.5) is 15.9 Å². The van der Waals surface area contributed by atoms with Crippen molar-refractivity contribution in [3.8, 4) is 0 Å². The number of aliphatic hydroxyl groups is 1. The summed E-state index contributed by atoms with van der Waals surface area (Å²) >= 11 is 2.16.